The van der Waals surface area contributed by atoms with Gasteiger partial charge in [-0.3, -0.25) is 0 Å². The largest absolute Gasteiger partial charge is 0.382 e. The molecule has 0 saturated carbocycles. The Balaban J connectivity index is 0. The Morgan fingerprint density at radius 3 is 1.22 bits per heavy atom. The monoisotopic (exact) mass is 134 g/mol. The molecule has 0 aromatic rings. The molecule has 0 rings (SSSR count). The first-order valence-corrected chi connectivity index (χ1v) is 3.31. The van der Waals surface area contributed by atoms with Crippen LogP contribution in [-0.4, -0.2) is 27.4 Å². The molecule has 0 heterocycles. The normalized spacial score (nSPS) is 8.00. The van der Waals surface area contributed by atoms with Crippen LogP contribution in [0, 0.1) is 0 Å². The maximum atomic E-state index is 4.66. The van der Waals surface area contributed by atoms with Crippen molar-refractivity contribution in [2.75, 3.05) is 27.4 Å². The van der Waals surface area contributed by atoms with E-state index in [0.717, 1.165) is 0 Å². The summed E-state index contributed by atoms with van der Waals surface area (Å²) >= 11 is 0. The van der Waals surface area contributed by atoms with E-state index in [4.69, 9.17) is 0 Å². The number of hydrogen-bond acceptors (Lipinski definition) is 2. The summed E-state index contributed by atoms with van der Waals surface area (Å²) in [6.45, 7) is 5.63. The average Bonchev–Trinajstić information content (AvgIpc) is 1.86. The summed E-state index contributed by atoms with van der Waals surface area (Å²) in [5.74, 6) is 0. The standard InChI is InChI=1S/C4H10O2.C3H8/c1-5-3-4-6-2;1-3-2/h3-4H2,1-2H3;3H2,1-2H3. The van der Waals surface area contributed by atoms with Crippen molar-refractivity contribution < 1.29 is 9.47 Å². The topological polar surface area (TPSA) is 18.5 Å². The van der Waals surface area contributed by atoms with Crippen LogP contribution in [0.15, 0.2) is 0 Å². The molecule has 0 N–H and O–H groups in total. The van der Waals surface area contributed by atoms with Crippen LogP contribution in [-0.2, 0) is 9.47 Å². The molecule has 0 bridgehead atoms. The number of rotatable bonds is 3. The van der Waals surface area contributed by atoms with Gasteiger partial charge < -0.3 is 9.47 Å². The number of methoxy groups -OCH3 is 2. The Morgan fingerprint density at radius 1 is 0.889 bits per heavy atom. The van der Waals surface area contributed by atoms with Gasteiger partial charge >= 0.3 is 0 Å². The molecule has 0 atom stereocenters. The van der Waals surface area contributed by atoms with Crippen LogP contribution >= 0.6 is 0 Å². The van der Waals surface area contributed by atoms with Gasteiger partial charge in [0.15, 0.2) is 0 Å². The number of ether oxygens (including phenoxy) is 2. The van der Waals surface area contributed by atoms with E-state index in [1.165, 1.54) is 6.42 Å². The van der Waals surface area contributed by atoms with Crippen LogP contribution in [0.3, 0.4) is 0 Å². The van der Waals surface area contributed by atoms with Crippen LogP contribution in [0.4, 0.5) is 0 Å². The molecule has 0 aliphatic carbocycles. The predicted molar refractivity (Wildman–Crippen MR) is 39.7 cm³/mol. The van der Waals surface area contributed by atoms with Gasteiger partial charge in [0, 0.05) is 14.2 Å². The second-order valence-corrected chi connectivity index (χ2v) is 1.69. The smallest absolute Gasteiger partial charge is 0.0696 e. The molecule has 58 valence electrons. The van der Waals surface area contributed by atoms with Gasteiger partial charge in [0.1, 0.15) is 0 Å². The zero-order valence-electron chi connectivity index (χ0n) is 6.94. The second-order valence-electron chi connectivity index (χ2n) is 1.69. The van der Waals surface area contributed by atoms with E-state index in [-0.39, 0.29) is 0 Å². The van der Waals surface area contributed by atoms with Crippen LogP contribution in [0.25, 0.3) is 0 Å². The quantitative estimate of drug-likeness (QED) is 0.547. The first-order chi connectivity index (χ1) is 4.33. The van der Waals surface area contributed by atoms with Crippen molar-refractivity contribution >= 4 is 0 Å². The van der Waals surface area contributed by atoms with E-state index >= 15 is 0 Å². The van der Waals surface area contributed by atoms with E-state index in [1.54, 1.807) is 14.2 Å². The molecule has 0 radical (unpaired) electrons. The third kappa shape index (κ3) is 32.6. The molecule has 9 heavy (non-hydrogen) atoms. The first kappa shape index (κ1) is 11.7. The lowest BCUT2D eigenvalue weighted by molar-refractivity contribution is 0.103. The molecule has 2 nitrogen and oxygen atoms in total. The lowest BCUT2D eigenvalue weighted by Crippen LogP contribution is -1.96. The van der Waals surface area contributed by atoms with Crippen molar-refractivity contribution in [2.45, 2.75) is 20.3 Å². The van der Waals surface area contributed by atoms with Gasteiger partial charge in [0.2, 0.25) is 0 Å². The summed E-state index contributed by atoms with van der Waals surface area (Å²) in [6.07, 6.45) is 1.25. The number of hydrogen-bond donors (Lipinski definition) is 0. The third-order valence-corrected chi connectivity index (χ3v) is 0.492. The molecular formula is C7H18O2. The SMILES string of the molecule is CCC.COCCOC. The highest BCUT2D eigenvalue weighted by molar-refractivity contribution is 4.17. The fraction of sp³-hybridized carbons (Fsp3) is 1.00. The van der Waals surface area contributed by atoms with Gasteiger partial charge in [-0.2, -0.15) is 0 Å². The van der Waals surface area contributed by atoms with Crippen molar-refractivity contribution in [3.63, 3.8) is 0 Å². The second kappa shape index (κ2) is 15.7. The van der Waals surface area contributed by atoms with Crippen LogP contribution in [0.2, 0.25) is 0 Å². The van der Waals surface area contributed by atoms with E-state index < -0.39 is 0 Å². The van der Waals surface area contributed by atoms with Crippen LogP contribution in [0.5, 0.6) is 0 Å². The Labute approximate surface area is 58.2 Å². The molecule has 0 aliphatic rings. The minimum atomic E-state index is 0.691. The molecule has 0 saturated heterocycles. The summed E-state index contributed by atoms with van der Waals surface area (Å²) in [5, 5.41) is 0. The van der Waals surface area contributed by atoms with Gasteiger partial charge in [0.25, 0.3) is 0 Å². The Bertz CT molecular complexity index is 26.1. The third-order valence-electron chi connectivity index (χ3n) is 0.492. The van der Waals surface area contributed by atoms with Gasteiger partial charge in [-0.25, -0.2) is 0 Å². The lowest BCUT2D eigenvalue weighted by Gasteiger charge is -1.91. The van der Waals surface area contributed by atoms with Gasteiger partial charge in [-0.15, -0.1) is 0 Å². The molecular weight excluding hydrogens is 116 g/mol. The van der Waals surface area contributed by atoms with Crippen molar-refractivity contribution in [3.05, 3.63) is 0 Å². The van der Waals surface area contributed by atoms with Crippen LogP contribution in [0.1, 0.15) is 20.3 Å². The summed E-state index contributed by atoms with van der Waals surface area (Å²) in [7, 11) is 3.30. The molecule has 2 heteroatoms. The van der Waals surface area contributed by atoms with Crippen molar-refractivity contribution in [2.24, 2.45) is 0 Å². The molecule has 0 spiro atoms. The van der Waals surface area contributed by atoms with Gasteiger partial charge in [-0.1, -0.05) is 20.3 Å². The minimum Gasteiger partial charge on any atom is -0.382 e. The highest BCUT2D eigenvalue weighted by Gasteiger charge is 1.73. The zero-order valence-corrected chi connectivity index (χ0v) is 6.94. The fourth-order valence-corrected chi connectivity index (χ4v) is 0.167. The maximum absolute atomic E-state index is 4.66. The van der Waals surface area contributed by atoms with Crippen LogP contribution < -0.4 is 0 Å². The Hall–Kier alpha value is -0.0800. The fourth-order valence-electron chi connectivity index (χ4n) is 0.167. The predicted octanol–water partition coefficient (Wildman–Crippen LogP) is 1.70. The summed E-state index contributed by atoms with van der Waals surface area (Å²) in [4.78, 5) is 0. The molecule has 0 aliphatic heterocycles. The molecule has 0 fully saturated rings. The van der Waals surface area contributed by atoms with Crippen molar-refractivity contribution in [3.8, 4) is 0 Å². The van der Waals surface area contributed by atoms with E-state index in [9.17, 15) is 0 Å². The molecule has 0 unspecified atom stereocenters. The zero-order chi connectivity index (χ0) is 7.54. The highest BCUT2D eigenvalue weighted by atomic mass is 16.5. The summed E-state index contributed by atoms with van der Waals surface area (Å²) < 4.78 is 9.31. The van der Waals surface area contributed by atoms with Gasteiger partial charge in [0.05, 0.1) is 13.2 Å². The first-order valence-electron chi connectivity index (χ1n) is 3.31. The average molecular weight is 134 g/mol. The van der Waals surface area contributed by atoms with E-state index in [0.29, 0.717) is 13.2 Å². The van der Waals surface area contributed by atoms with E-state index in [1.807, 2.05) is 0 Å². The Kier molecular flexibility index (Phi) is 20.3. The van der Waals surface area contributed by atoms with Crippen molar-refractivity contribution in [1.29, 1.82) is 0 Å². The van der Waals surface area contributed by atoms with E-state index in [2.05, 4.69) is 23.3 Å². The summed E-state index contributed by atoms with van der Waals surface area (Å²) in [6, 6.07) is 0. The maximum Gasteiger partial charge on any atom is 0.0696 e. The highest BCUT2D eigenvalue weighted by Crippen LogP contribution is 1.65. The lowest BCUT2D eigenvalue weighted by atomic mass is 10.6. The van der Waals surface area contributed by atoms with Gasteiger partial charge in [-0.05, 0) is 0 Å². The summed E-state index contributed by atoms with van der Waals surface area (Å²) in [5.41, 5.74) is 0. The minimum absolute atomic E-state index is 0.691. The molecule has 0 amide bonds. The Morgan fingerprint density at radius 2 is 1.11 bits per heavy atom. The van der Waals surface area contributed by atoms with Crippen molar-refractivity contribution in [1.82, 2.24) is 0 Å². The molecule has 0 aromatic carbocycles. The molecule has 0 aromatic heterocycles.